The number of carbonyl (C=O) groups excluding carboxylic acids is 1. The molecule has 0 unspecified atom stereocenters. The van der Waals surface area contributed by atoms with E-state index in [1.54, 1.807) is 36.4 Å². The number of aryl methyl sites for hydroxylation is 1. The average Bonchev–Trinajstić information content (AvgIpc) is 3.26. The second-order valence-corrected chi connectivity index (χ2v) is 9.28. The maximum absolute atomic E-state index is 13.3. The van der Waals surface area contributed by atoms with Gasteiger partial charge in [0.1, 0.15) is 0 Å². The maximum Gasteiger partial charge on any atom is 0.303 e. The lowest BCUT2D eigenvalue weighted by Crippen LogP contribution is -2.27. The molecule has 0 radical (unpaired) electrons. The summed E-state index contributed by atoms with van der Waals surface area (Å²) in [4.78, 5) is 40.2. The van der Waals surface area contributed by atoms with Gasteiger partial charge in [0.05, 0.1) is 23.7 Å². The van der Waals surface area contributed by atoms with E-state index in [1.165, 1.54) is 5.01 Å². The fourth-order valence-electron chi connectivity index (χ4n) is 4.23. The molecule has 0 bridgehead atoms. The predicted molar refractivity (Wildman–Crippen MR) is 136 cm³/mol. The summed E-state index contributed by atoms with van der Waals surface area (Å²) in [5, 5.41) is 16.0. The number of benzene rings is 2. The van der Waals surface area contributed by atoms with E-state index >= 15 is 0 Å². The SMILES string of the molecule is Cc1[nH]c(=O)c(C2=NN(C(=O)CCC(=O)O)[C@@H](c3ccc(Cl)cc3)C2)c(-c2ccc(Cl)cc2)c1C. The summed E-state index contributed by atoms with van der Waals surface area (Å²) in [6.07, 6.45) is -0.232. The van der Waals surface area contributed by atoms with Crippen molar-refractivity contribution in [2.75, 3.05) is 0 Å². The van der Waals surface area contributed by atoms with Crippen LogP contribution in [0.1, 0.15) is 47.7 Å². The van der Waals surface area contributed by atoms with Gasteiger partial charge in [-0.1, -0.05) is 47.5 Å². The van der Waals surface area contributed by atoms with Crippen LogP contribution in [-0.4, -0.2) is 32.7 Å². The summed E-state index contributed by atoms with van der Waals surface area (Å²) < 4.78 is 0. The molecule has 0 saturated heterocycles. The van der Waals surface area contributed by atoms with E-state index < -0.39 is 17.9 Å². The zero-order chi connectivity index (χ0) is 25.3. The number of aromatic nitrogens is 1. The molecule has 2 heterocycles. The van der Waals surface area contributed by atoms with Gasteiger partial charge in [-0.25, -0.2) is 5.01 Å². The molecular formula is C26H23Cl2N3O4. The summed E-state index contributed by atoms with van der Waals surface area (Å²) in [6, 6.07) is 13.7. The number of hydrogen-bond donors (Lipinski definition) is 2. The Kier molecular flexibility index (Phi) is 7.10. The second kappa shape index (κ2) is 10.1. The number of aromatic amines is 1. The molecule has 3 aromatic rings. The average molecular weight is 512 g/mol. The van der Waals surface area contributed by atoms with Crippen LogP contribution in [0, 0.1) is 13.8 Å². The molecule has 1 atom stereocenters. The first kappa shape index (κ1) is 24.7. The first-order chi connectivity index (χ1) is 16.7. The minimum atomic E-state index is -1.07. The molecule has 0 saturated carbocycles. The summed E-state index contributed by atoms with van der Waals surface area (Å²) in [6.45, 7) is 3.75. The standard InChI is InChI=1S/C26H23Cl2N3O4/c1-14-15(2)29-26(35)25(24(14)17-5-9-19(28)10-6-17)20-13-21(16-3-7-18(27)8-4-16)31(30-20)22(32)11-12-23(33)34/h3-10,21H,11-13H2,1-2H3,(H,29,35)(H,33,34)/t21-/m1/s1. The van der Waals surface area contributed by atoms with E-state index in [-0.39, 0.29) is 24.8 Å². The zero-order valence-electron chi connectivity index (χ0n) is 19.1. The Labute approximate surface area is 212 Å². The van der Waals surface area contributed by atoms with Gasteiger partial charge in [0.15, 0.2) is 0 Å². The third kappa shape index (κ3) is 5.16. The maximum atomic E-state index is 13.3. The lowest BCUT2D eigenvalue weighted by atomic mass is 9.90. The van der Waals surface area contributed by atoms with Gasteiger partial charge >= 0.3 is 5.97 Å². The highest BCUT2D eigenvalue weighted by molar-refractivity contribution is 6.30. The number of halogens is 2. The summed E-state index contributed by atoms with van der Waals surface area (Å²) in [5.41, 5.74) is 4.42. The van der Waals surface area contributed by atoms with Crippen molar-refractivity contribution in [3.05, 3.63) is 91.3 Å². The lowest BCUT2D eigenvalue weighted by molar-refractivity contribution is -0.141. The molecule has 0 fully saturated rings. The van der Waals surface area contributed by atoms with Gasteiger partial charge in [0.2, 0.25) is 5.91 Å². The Balaban J connectivity index is 1.85. The van der Waals surface area contributed by atoms with Crippen LogP contribution in [0.5, 0.6) is 0 Å². The van der Waals surface area contributed by atoms with E-state index in [4.69, 9.17) is 28.3 Å². The highest BCUT2D eigenvalue weighted by Gasteiger charge is 2.35. The van der Waals surface area contributed by atoms with E-state index in [0.717, 1.165) is 27.9 Å². The van der Waals surface area contributed by atoms with Gasteiger partial charge < -0.3 is 10.1 Å². The van der Waals surface area contributed by atoms with E-state index in [0.29, 0.717) is 21.3 Å². The van der Waals surface area contributed by atoms with Gasteiger partial charge in [-0.2, -0.15) is 5.10 Å². The second-order valence-electron chi connectivity index (χ2n) is 8.41. The third-order valence-corrected chi connectivity index (χ3v) is 6.61. The van der Waals surface area contributed by atoms with Gasteiger partial charge in [-0.15, -0.1) is 0 Å². The van der Waals surface area contributed by atoms with Gasteiger partial charge in [0, 0.05) is 34.1 Å². The largest absolute Gasteiger partial charge is 0.481 e. The molecule has 4 rings (SSSR count). The molecule has 1 amide bonds. The molecule has 0 aliphatic carbocycles. The molecule has 9 heteroatoms. The minimum absolute atomic E-state index is 0.205. The molecule has 2 N–H and O–H groups in total. The monoisotopic (exact) mass is 511 g/mol. The molecule has 1 aliphatic heterocycles. The number of rotatable bonds is 6. The fraction of sp³-hybridized carbons (Fsp3) is 0.231. The number of carboxylic acids is 1. The molecule has 1 aromatic heterocycles. The van der Waals surface area contributed by atoms with Crippen molar-refractivity contribution in [1.82, 2.24) is 9.99 Å². The Bertz CT molecular complexity index is 1380. The van der Waals surface area contributed by atoms with Crippen LogP contribution >= 0.6 is 23.2 Å². The minimum Gasteiger partial charge on any atom is -0.481 e. The quantitative estimate of drug-likeness (QED) is 0.455. The Morgan fingerprint density at radius 2 is 1.60 bits per heavy atom. The van der Waals surface area contributed by atoms with Crippen molar-refractivity contribution in [3.63, 3.8) is 0 Å². The van der Waals surface area contributed by atoms with Gasteiger partial charge in [-0.3, -0.25) is 14.4 Å². The van der Waals surface area contributed by atoms with E-state index in [1.807, 2.05) is 26.0 Å². The number of carbonyl (C=O) groups is 2. The Hall–Kier alpha value is -3.42. The number of hydrogen-bond acceptors (Lipinski definition) is 4. The number of hydrazone groups is 1. The highest BCUT2D eigenvalue weighted by Crippen LogP contribution is 2.37. The van der Waals surface area contributed by atoms with Crippen LogP contribution in [-0.2, 0) is 9.59 Å². The molecule has 7 nitrogen and oxygen atoms in total. The summed E-state index contributed by atoms with van der Waals surface area (Å²) in [5.74, 6) is -1.50. The fourth-order valence-corrected chi connectivity index (χ4v) is 4.48. The predicted octanol–water partition coefficient (Wildman–Crippen LogP) is 5.51. The van der Waals surface area contributed by atoms with Crippen molar-refractivity contribution in [2.45, 2.75) is 39.2 Å². The van der Waals surface area contributed by atoms with Crippen molar-refractivity contribution < 1.29 is 14.7 Å². The van der Waals surface area contributed by atoms with E-state index in [9.17, 15) is 14.4 Å². The number of aliphatic carboxylic acids is 1. The van der Waals surface area contributed by atoms with Gasteiger partial charge in [0.25, 0.3) is 5.56 Å². The summed E-state index contributed by atoms with van der Waals surface area (Å²) in [7, 11) is 0. The van der Waals surface area contributed by atoms with Crippen LogP contribution in [0.4, 0.5) is 0 Å². The topological polar surface area (TPSA) is 103 Å². The number of nitrogens with one attached hydrogen (secondary N) is 1. The molecule has 35 heavy (non-hydrogen) atoms. The van der Waals surface area contributed by atoms with E-state index in [2.05, 4.69) is 10.1 Å². The number of carboxylic acid groups (broad SMARTS) is 1. The smallest absolute Gasteiger partial charge is 0.303 e. The van der Waals surface area contributed by atoms with Gasteiger partial charge in [-0.05, 0) is 54.8 Å². The molecular weight excluding hydrogens is 489 g/mol. The number of H-pyrrole nitrogens is 1. The van der Waals surface area contributed by atoms with Crippen molar-refractivity contribution in [3.8, 4) is 11.1 Å². The highest BCUT2D eigenvalue weighted by atomic mass is 35.5. The van der Waals surface area contributed by atoms with Crippen LogP contribution in [0.3, 0.4) is 0 Å². The van der Waals surface area contributed by atoms with Crippen LogP contribution < -0.4 is 5.56 Å². The first-order valence-electron chi connectivity index (χ1n) is 11.0. The number of pyridine rings is 1. The normalized spacial score (nSPS) is 15.3. The Morgan fingerprint density at radius 1 is 1.00 bits per heavy atom. The van der Waals surface area contributed by atoms with Crippen molar-refractivity contribution in [1.29, 1.82) is 0 Å². The van der Waals surface area contributed by atoms with Crippen molar-refractivity contribution >= 4 is 40.8 Å². The number of amides is 1. The van der Waals surface area contributed by atoms with Crippen LogP contribution in [0.15, 0.2) is 58.4 Å². The molecule has 1 aliphatic rings. The lowest BCUT2D eigenvalue weighted by Gasteiger charge is -2.22. The molecule has 0 spiro atoms. The molecule has 2 aromatic carbocycles. The first-order valence-corrected chi connectivity index (χ1v) is 11.8. The van der Waals surface area contributed by atoms with Crippen LogP contribution in [0.2, 0.25) is 10.0 Å². The van der Waals surface area contributed by atoms with Crippen molar-refractivity contribution in [2.24, 2.45) is 5.10 Å². The van der Waals surface area contributed by atoms with Crippen LogP contribution in [0.25, 0.3) is 11.1 Å². The zero-order valence-corrected chi connectivity index (χ0v) is 20.7. The number of nitrogens with zero attached hydrogens (tertiary/aromatic N) is 2. The summed E-state index contributed by atoms with van der Waals surface area (Å²) >= 11 is 12.1. The molecule has 180 valence electrons. The third-order valence-electron chi connectivity index (χ3n) is 6.11. The Morgan fingerprint density at radius 3 is 2.20 bits per heavy atom.